The molecule has 0 bridgehead atoms. The summed E-state index contributed by atoms with van der Waals surface area (Å²) in [7, 11) is 2.16. The van der Waals surface area contributed by atoms with E-state index in [9.17, 15) is 0 Å². The van der Waals surface area contributed by atoms with E-state index in [0.717, 1.165) is 4.47 Å². The van der Waals surface area contributed by atoms with Crippen LogP contribution in [0.4, 0.5) is 0 Å². The van der Waals surface area contributed by atoms with Gasteiger partial charge in [0.05, 0.1) is 0 Å². The van der Waals surface area contributed by atoms with Crippen LogP contribution in [0.2, 0.25) is 0 Å². The highest BCUT2D eigenvalue weighted by molar-refractivity contribution is 9.10. The van der Waals surface area contributed by atoms with E-state index in [2.05, 4.69) is 96.6 Å². The molecule has 0 fully saturated rings. The summed E-state index contributed by atoms with van der Waals surface area (Å²) < 4.78 is 1.12. The maximum Gasteiger partial charge on any atom is 0.139 e. The van der Waals surface area contributed by atoms with Crippen molar-refractivity contribution in [2.75, 3.05) is 0 Å². The number of fused-ring (bicyclic) bond motifs is 7. The number of rotatable bonds is 0. The van der Waals surface area contributed by atoms with Crippen molar-refractivity contribution >= 4 is 72.3 Å². The summed E-state index contributed by atoms with van der Waals surface area (Å²) in [4.78, 5) is 0. The van der Waals surface area contributed by atoms with Crippen LogP contribution < -0.4 is 5.46 Å². The molecular weight excluding hydrogens is 355 g/mol. The van der Waals surface area contributed by atoms with E-state index in [0.29, 0.717) is 0 Å². The molecule has 0 nitrogen and oxygen atoms in total. The minimum Gasteiger partial charge on any atom is -0.0883 e. The number of hydrogen-bond donors (Lipinski definition) is 0. The maximum atomic E-state index is 3.64. The first kappa shape index (κ1) is 14.1. The Labute approximate surface area is 149 Å². The molecule has 24 heavy (non-hydrogen) atoms. The van der Waals surface area contributed by atoms with Gasteiger partial charge in [-0.2, -0.15) is 0 Å². The maximum absolute atomic E-state index is 3.64. The van der Waals surface area contributed by atoms with Crippen molar-refractivity contribution in [1.82, 2.24) is 0 Å². The highest BCUT2D eigenvalue weighted by atomic mass is 79.9. The Morgan fingerprint density at radius 2 is 1.08 bits per heavy atom. The van der Waals surface area contributed by atoms with E-state index >= 15 is 0 Å². The van der Waals surface area contributed by atoms with Gasteiger partial charge in [0.2, 0.25) is 0 Å². The van der Waals surface area contributed by atoms with Crippen LogP contribution in [0.5, 0.6) is 0 Å². The molecule has 0 aliphatic rings. The van der Waals surface area contributed by atoms with Crippen LogP contribution in [-0.4, -0.2) is 7.85 Å². The molecule has 112 valence electrons. The van der Waals surface area contributed by atoms with Crippen LogP contribution >= 0.6 is 15.9 Å². The van der Waals surface area contributed by atoms with E-state index in [4.69, 9.17) is 0 Å². The van der Waals surface area contributed by atoms with Crippen LogP contribution in [0, 0.1) is 0 Å². The second kappa shape index (κ2) is 5.09. The highest BCUT2D eigenvalue weighted by Gasteiger charge is 2.10. The molecule has 0 spiro atoms. The predicted octanol–water partition coefficient (Wildman–Crippen LogP) is 5.32. The van der Waals surface area contributed by atoms with Gasteiger partial charge < -0.3 is 0 Å². The van der Waals surface area contributed by atoms with Crippen molar-refractivity contribution in [3.63, 3.8) is 0 Å². The van der Waals surface area contributed by atoms with Gasteiger partial charge in [0.1, 0.15) is 7.85 Å². The minimum atomic E-state index is 1.12. The molecule has 5 aromatic carbocycles. The van der Waals surface area contributed by atoms with E-state index in [1.165, 1.54) is 48.6 Å². The third-order valence-corrected chi connectivity index (χ3v) is 5.41. The molecule has 0 heterocycles. The van der Waals surface area contributed by atoms with E-state index in [1.54, 1.807) is 0 Å². The summed E-state index contributed by atoms with van der Waals surface area (Å²) in [5, 5.41) is 10.5. The molecule has 0 aliphatic carbocycles. The summed E-state index contributed by atoms with van der Waals surface area (Å²) in [6.45, 7) is 0. The monoisotopic (exact) mass is 368 g/mol. The normalized spacial score (nSPS) is 11.7. The van der Waals surface area contributed by atoms with E-state index in [1.807, 2.05) is 0 Å². The first-order valence-corrected chi connectivity index (χ1v) is 8.94. The summed E-state index contributed by atoms with van der Waals surface area (Å²) in [6, 6.07) is 26.7. The van der Waals surface area contributed by atoms with Crippen molar-refractivity contribution in [2.45, 2.75) is 0 Å². The number of halogens is 1. The Bertz CT molecular complexity index is 1170. The molecule has 0 unspecified atom stereocenters. The Morgan fingerprint density at radius 3 is 1.75 bits per heavy atom. The van der Waals surface area contributed by atoms with Gasteiger partial charge in [-0.3, -0.25) is 0 Å². The smallest absolute Gasteiger partial charge is 0.0883 e. The fourth-order valence-electron chi connectivity index (χ4n) is 3.78. The number of hydrogen-bond acceptors (Lipinski definition) is 0. The third kappa shape index (κ3) is 2.00. The molecule has 0 amide bonds. The van der Waals surface area contributed by atoms with Crippen molar-refractivity contribution in [2.24, 2.45) is 0 Å². The summed E-state index contributed by atoms with van der Waals surface area (Å²) in [5.74, 6) is 0. The molecule has 2 heteroatoms. The van der Waals surface area contributed by atoms with Crippen LogP contribution in [0.1, 0.15) is 0 Å². The van der Waals surface area contributed by atoms with Crippen molar-refractivity contribution in [3.05, 3.63) is 77.3 Å². The van der Waals surface area contributed by atoms with Gasteiger partial charge in [-0.15, -0.1) is 0 Å². The molecule has 5 rings (SSSR count). The largest absolute Gasteiger partial charge is 0.139 e. The van der Waals surface area contributed by atoms with Crippen LogP contribution in [0.15, 0.2) is 77.3 Å². The van der Waals surface area contributed by atoms with Crippen LogP contribution in [-0.2, 0) is 0 Å². The molecule has 0 radical (unpaired) electrons. The van der Waals surface area contributed by atoms with Gasteiger partial charge in [-0.1, -0.05) is 69.9 Å². The molecule has 0 saturated carbocycles. The summed E-state index contributed by atoms with van der Waals surface area (Å²) in [6.07, 6.45) is 0. The Morgan fingerprint density at radius 1 is 0.542 bits per heavy atom. The zero-order valence-corrected chi connectivity index (χ0v) is 14.9. The summed E-state index contributed by atoms with van der Waals surface area (Å²) >= 11 is 3.64. The van der Waals surface area contributed by atoms with Crippen LogP contribution in [0.3, 0.4) is 0 Å². The zero-order chi connectivity index (χ0) is 16.3. The van der Waals surface area contributed by atoms with Crippen molar-refractivity contribution in [3.8, 4) is 0 Å². The Hall–Kier alpha value is -2.32. The Balaban J connectivity index is 2.14. The first-order chi connectivity index (χ1) is 11.7. The fourth-order valence-corrected chi connectivity index (χ4v) is 4.14. The van der Waals surface area contributed by atoms with E-state index < -0.39 is 0 Å². The Kier molecular flexibility index (Phi) is 2.98. The third-order valence-electron chi connectivity index (χ3n) is 4.91. The average Bonchev–Trinajstić information content (AvgIpc) is 2.60. The van der Waals surface area contributed by atoms with E-state index in [-0.39, 0.29) is 0 Å². The number of benzene rings is 5. The van der Waals surface area contributed by atoms with Gasteiger partial charge in [0.25, 0.3) is 0 Å². The average molecular weight is 369 g/mol. The van der Waals surface area contributed by atoms with Crippen molar-refractivity contribution in [1.29, 1.82) is 0 Å². The molecule has 0 atom stereocenters. The summed E-state index contributed by atoms with van der Waals surface area (Å²) in [5.41, 5.74) is 1.30. The van der Waals surface area contributed by atoms with Gasteiger partial charge in [0.15, 0.2) is 0 Å². The minimum absolute atomic E-state index is 1.12. The lowest BCUT2D eigenvalue weighted by molar-refractivity contribution is 1.74. The molecule has 5 aromatic rings. The van der Waals surface area contributed by atoms with Gasteiger partial charge >= 0.3 is 0 Å². The van der Waals surface area contributed by atoms with Gasteiger partial charge in [0, 0.05) is 4.47 Å². The molecule has 0 aliphatic heterocycles. The highest BCUT2D eigenvalue weighted by Crippen LogP contribution is 2.37. The predicted molar refractivity (Wildman–Crippen MR) is 112 cm³/mol. The van der Waals surface area contributed by atoms with Gasteiger partial charge in [-0.25, -0.2) is 0 Å². The van der Waals surface area contributed by atoms with Crippen molar-refractivity contribution < 1.29 is 0 Å². The molecule has 0 N–H and O–H groups in total. The second-order valence-electron chi connectivity index (χ2n) is 6.48. The zero-order valence-electron chi connectivity index (χ0n) is 13.3. The first-order valence-electron chi connectivity index (χ1n) is 8.15. The second-order valence-corrected chi connectivity index (χ2v) is 7.40. The quantitative estimate of drug-likeness (QED) is 0.197. The molecule has 0 saturated heterocycles. The lowest BCUT2D eigenvalue weighted by Gasteiger charge is -2.13. The lowest BCUT2D eigenvalue weighted by atomic mass is 9.88. The lowest BCUT2D eigenvalue weighted by Crippen LogP contribution is -2.00. The molecule has 0 aromatic heterocycles. The fraction of sp³-hybridized carbons (Fsp3) is 0. The standard InChI is InChI=1S/C22H14BBr/c23-15-5-7-17-19-9-13-3-1-2-4-14(13)10-20(19)18-8-6-16(24)12-22(18)21(17)11-15/h1-12H,23H2. The van der Waals surface area contributed by atoms with Crippen LogP contribution in [0.25, 0.3) is 43.1 Å². The SMILES string of the molecule is Bc1ccc2c(c1)c1cc(Br)ccc1c1cc3ccccc3cc21. The topological polar surface area (TPSA) is 0 Å². The molecular formula is C22H14BBr. The van der Waals surface area contributed by atoms with Gasteiger partial charge in [-0.05, 0) is 67.4 Å².